The fraction of sp³-hybridized carbons (Fsp3) is 0.579. The van der Waals surface area contributed by atoms with Crippen molar-refractivity contribution in [3.63, 3.8) is 0 Å². The second-order valence-electron chi connectivity index (χ2n) is 7.10. The summed E-state index contributed by atoms with van der Waals surface area (Å²) in [6.45, 7) is 6.50. The van der Waals surface area contributed by atoms with E-state index >= 15 is 0 Å². The highest BCUT2D eigenvalue weighted by atomic mass is 35.5. The van der Waals surface area contributed by atoms with Gasteiger partial charge in [-0.05, 0) is 62.4 Å². The van der Waals surface area contributed by atoms with E-state index in [2.05, 4.69) is 16.0 Å². The molecule has 1 aliphatic rings. The molecule has 2 amide bonds. The molecule has 1 heterocycles. The first-order chi connectivity index (χ1) is 12.0. The maximum absolute atomic E-state index is 14.1. The molecule has 146 valence electrons. The van der Waals surface area contributed by atoms with Gasteiger partial charge in [0.25, 0.3) is 5.91 Å². The van der Waals surface area contributed by atoms with Crippen LogP contribution in [0.2, 0.25) is 0 Å². The van der Waals surface area contributed by atoms with Crippen molar-refractivity contribution in [3.05, 3.63) is 29.6 Å². The Hall–Kier alpha value is -1.66. The number of nitrogens with one attached hydrogen (secondary N) is 3. The molecule has 1 aromatic rings. The molecule has 3 N–H and O–H groups in total. The van der Waals surface area contributed by atoms with Gasteiger partial charge in [0.15, 0.2) is 0 Å². The molecule has 1 fully saturated rings. The van der Waals surface area contributed by atoms with Crippen LogP contribution in [-0.4, -0.2) is 31.4 Å². The van der Waals surface area contributed by atoms with E-state index < -0.39 is 5.82 Å². The van der Waals surface area contributed by atoms with Crippen LogP contribution in [0.3, 0.4) is 0 Å². The molecule has 0 aromatic heterocycles. The van der Waals surface area contributed by atoms with Gasteiger partial charge in [0.1, 0.15) is 5.82 Å². The topological polar surface area (TPSA) is 70.2 Å². The lowest BCUT2D eigenvalue weighted by atomic mass is 9.96. The minimum absolute atomic E-state index is 0. The van der Waals surface area contributed by atoms with Crippen LogP contribution in [0.4, 0.5) is 10.1 Å². The summed E-state index contributed by atoms with van der Waals surface area (Å²) < 4.78 is 14.1. The van der Waals surface area contributed by atoms with Crippen LogP contribution in [0.25, 0.3) is 0 Å². The number of piperidine rings is 1. The third-order valence-electron chi connectivity index (χ3n) is 4.34. The van der Waals surface area contributed by atoms with E-state index in [1.807, 2.05) is 13.8 Å². The van der Waals surface area contributed by atoms with Crippen molar-refractivity contribution < 1.29 is 14.0 Å². The summed E-state index contributed by atoms with van der Waals surface area (Å²) in [5.74, 6) is -0.326. The second kappa shape index (κ2) is 11.1. The monoisotopic (exact) mass is 385 g/mol. The summed E-state index contributed by atoms with van der Waals surface area (Å²) in [6.07, 6.45) is 3.61. The van der Waals surface area contributed by atoms with Crippen LogP contribution < -0.4 is 16.0 Å². The first kappa shape index (κ1) is 22.4. The SMILES string of the molecule is CC(C)CC(=O)Nc1ccc(C(=O)NCCC2CCCNC2)cc1F.Cl. The highest BCUT2D eigenvalue weighted by Gasteiger charge is 2.15. The predicted octanol–water partition coefficient (Wildman–Crippen LogP) is 3.35. The molecule has 0 radical (unpaired) electrons. The number of amides is 2. The van der Waals surface area contributed by atoms with Crippen molar-refractivity contribution in [3.8, 4) is 0 Å². The molecule has 2 rings (SSSR count). The first-order valence-electron chi connectivity index (χ1n) is 9.04. The third kappa shape index (κ3) is 7.30. The average Bonchev–Trinajstić information content (AvgIpc) is 2.57. The number of anilines is 1. The Morgan fingerprint density at radius 2 is 2.12 bits per heavy atom. The van der Waals surface area contributed by atoms with E-state index in [0.29, 0.717) is 18.9 Å². The van der Waals surface area contributed by atoms with Crippen molar-refractivity contribution in [1.29, 1.82) is 0 Å². The van der Waals surface area contributed by atoms with Crippen LogP contribution in [0.15, 0.2) is 18.2 Å². The zero-order valence-electron chi connectivity index (χ0n) is 15.4. The van der Waals surface area contributed by atoms with Gasteiger partial charge in [0.2, 0.25) is 5.91 Å². The Kier molecular flexibility index (Phi) is 9.59. The molecule has 0 saturated carbocycles. The van der Waals surface area contributed by atoms with E-state index in [1.165, 1.54) is 31.0 Å². The number of benzene rings is 1. The Morgan fingerprint density at radius 3 is 2.73 bits per heavy atom. The maximum Gasteiger partial charge on any atom is 0.251 e. The smallest absolute Gasteiger partial charge is 0.251 e. The van der Waals surface area contributed by atoms with Gasteiger partial charge < -0.3 is 16.0 Å². The van der Waals surface area contributed by atoms with Crippen LogP contribution in [-0.2, 0) is 4.79 Å². The second-order valence-corrected chi connectivity index (χ2v) is 7.10. The largest absolute Gasteiger partial charge is 0.352 e. The Bertz CT molecular complexity index is 604. The van der Waals surface area contributed by atoms with Crippen molar-refractivity contribution in [2.24, 2.45) is 11.8 Å². The van der Waals surface area contributed by atoms with E-state index in [9.17, 15) is 14.0 Å². The lowest BCUT2D eigenvalue weighted by Crippen LogP contribution is -2.33. The van der Waals surface area contributed by atoms with Gasteiger partial charge in [-0.1, -0.05) is 13.8 Å². The van der Waals surface area contributed by atoms with Gasteiger partial charge in [0, 0.05) is 18.5 Å². The standard InChI is InChI=1S/C19H28FN3O2.ClH/c1-13(2)10-18(24)23-17-6-5-15(11-16(17)20)19(25)22-9-7-14-4-3-8-21-12-14;/h5-6,11,13-14,21H,3-4,7-10,12H2,1-2H3,(H,22,25)(H,23,24);1H. The summed E-state index contributed by atoms with van der Waals surface area (Å²) in [5, 5.41) is 8.73. The van der Waals surface area contributed by atoms with Gasteiger partial charge in [0.05, 0.1) is 5.69 Å². The maximum atomic E-state index is 14.1. The van der Waals surface area contributed by atoms with Crippen molar-refractivity contribution in [2.45, 2.75) is 39.5 Å². The molecule has 1 aromatic carbocycles. The van der Waals surface area contributed by atoms with E-state index in [4.69, 9.17) is 0 Å². The fourth-order valence-corrected chi connectivity index (χ4v) is 2.99. The van der Waals surface area contributed by atoms with Crippen molar-refractivity contribution in [1.82, 2.24) is 10.6 Å². The lowest BCUT2D eigenvalue weighted by molar-refractivity contribution is -0.116. The number of carbonyl (C=O) groups is 2. The van der Waals surface area contributed by atoms with Crippen LogP contribution >= 0.6 is 12.4 Å². The highest BCUT2D eigenvalue weighted by Crippen LogP contribution is 2.17. The minimum atomic E-state index is -0.596. The zero-order valence-corrected chi connectivity index (χ0v) is 16.3. The number of carbonyl (C=O) groups excluding carboxylic acids is 2. The Morgan fingerprint density at radius 1 is 1.35 bits per heavy atom. The van der Waals surface area contributed by atoms with Crippen LogP contribution in [0.5, 0.6) is 0 Å². The van der Waals surface area contributed by atoms with Gasteiger partial charge >= 0.3 is 0 Å². The van der Waals surface area contributed by atoms with Gasteiger partial charge in [-0.2, -0.15) is 0 Å². The summed E-state index contributed by atoms with van der Waals surface area (Å²) in [7, 11) is 0. The summed E-state index contributed by atoms with van der Waals surface area (Å²) in [4.78, 5) is 23.9. The number of rotatable bonds is 7. The van der Waals surface area contributed by atoms with Crippen LogP contribution in [0, 0.1) is 17.7 Å². The van der Waals surface area contributed by atoms with Crippen molar-refractivity contribution >= 4 is 29.9 Å². The molecular formula is C19H29ClFN3O2. The third-order valence-corrected chi connectivity index (χ3v) is 4.34. The molecule has 26 heavy (non-hydrogen) atoms. The molecule has 0 bridgehead atoms. The minimum Gasteiger partial charge on any atom is -0.352 e. The van der Waals surface area contributed by atoms with Crippen molar-refractivity contribution in [2.75, 3.05) is 25.0 Å². The Balaban J connectivity index is 0.00000338. The highest BCUT2D eigenvalue weighted by molar-refractivity contribution is 5.96. The molecule has 0 spiro atoms. The van der Waals surface area contributed by atoms with E-state index in [1.54, 1.807) is 0 Å². The molecule has 5 nitrogen and oxygen atoms in total. The fourth-order valence-electron chi connectivity index (χ4n) is 2.99. The predicted molar refractivity (Wildman–Crippen MR) is 104 cm³/mol. The zero-order chi connectivity index (χ0) is 18.2. The molecule has 1 saturated heterocycles. The first-order valence-corrected chi connectivity index (χ1v) is 9.04. The normalized spacial score (nSPS) is 16.7. The lowest BCUT2D eigenvalue weighted by Gasteiger charge is -2.22. The summed E-state index contributed by atoms with van der Waals surface area (Å²) >= 11 is 0. The quantitative estimate of drug-likeness (QED) is 0.674. The summed E-state index contributed by atoms with van der Waals surface area (Å²) in [5.41, 5.74) is 0.372. The average molecular weight is 386 g/mol. The number of halogens is 2. The van der Waals surface area contributed by atoms with Gasteiger partial charge in [-0.15, -0.1) is 12.4 Å². The molecule has 1 unspecified atom stereocenters. The van der Waals surface area contributed by atoms with Gasteiger partial charge in [-0.25, -0.2) is 4.39 Å². The molecule has 7 heteroatoms. The van der Waals surface area contributed by atoms with E-state index in [0.717, 1.165) is 19.5 Å². The molecular weight excluding hydrogens is 357 g/mol. The Labute approximate surface area is 160 Å². The molecule has 0 aliphatic carbocycles. The van der Waals surface area contributed by atoms with E-state index in [-0.39, 0.29) is 41.4 Å². The van der Waals surface area contributed by atoms with Gasteiger partial charge in [-0.3, -0.25) is 9.59 Å². The summed E-state index contributed by atoms with van der Waals surface area (Å²) in [6, 6.07) is 4.14. The number of hydrogen-bond acceptors (Lipinski definition) is 3. The van der Waals surface area contributed by atoms with Crippen LogP contribution in [0.1, 0.15) is 49.9 Å². The number of hydrogen-bond donors (Lipinski definition) is 3. The molecule has 1 atom stereocenters. The molecule has 1 aliphatic heterocycles.